The predicted molar refractivity (Wildman–Crippen MR) is 51.6 cm³/mol. The highest BCUT2D eigenvalue weighted by atomic mass is 16.3. The fourth-order valence-electron chi connectivity index (χ4n) is 1.73. The molecule has 1 aromatic carbocycles. The highest BCUT2D eigenvalue weighted by Crippen LogP contribution is 2.33. The van der Waals surface area contributed by atoms with Gasteiger partial charge in [0, 0.05) is 18.2 Å². The summed E-state index contributed by atoms with van der Waals surface area (Å²) in [5.41, 5.74) is 0.812. The van der Waals surface area contributed by atoms with Crippen LogP contribution in [0.15, 0.2) is 12.1 Å². The van der Waals surface area contributed by atoms with Crippen LogP contribution in [-0.4, -0.2) is 39.3 Å². The van der Waals surface area contributed by atoms with Gasteiger partial charge in [0.05, 0.1) is 18.7 Å². The molecule has 0 spiro atoms. The van der Waals surface area contributed by atoms with E-state index in [1.54, 1.807) is 0 Å². The number of hydrogen-bond acceptors (Lipinski definition) is 4. The first-order chi connectivity index (χ1) is 7.13. The number of aromatic hydroxyl groups is 2. The summed E-state index contributed by atoms with van der Waals surface area (Å²) in [4.78, 5) is 13.1. The molecule has 0 fully saturated rings. The first-order valence-corrected chi connectivity index (χ1v) is 4.58. The maximum Gasteiger partial charge on any atom is 0.254 e. The third kappa shape index (κ3) is 1.50. The van der Waals surface area contributed by atoms with Gasteiger partial charge in [-0.15, -0.1) is 0 Å². The first-order valence-electron chi connectivity index (χ1n) is 4.58. The Morgan fingerprint density at radius 1 is 1.33 bits per heavy atom. The average Bonchev–Trinajstić information content (AvgIpc) is 2.47. The Kier molecular flexibility index (Phi) is 2.24. The van der Waals surface area contributed by atoms with Crippen LogP contribution in [0.3, 0.4) is 0 Å². The number of phenolic OH excluding ortho intramolecular Hbond substituents is 2. The number of rotatable bonds is 2. The third-order valence-electron chi connectivity index (χ3n) is 2.45. The fourth-order valence-corrected chi connectivity index (χ4v) is 1.73. The van der Waals surface area contributed by atoms with Gasteiger partial charge in [0.15, 0.2) is 0 Å². The first kappa shape index (κ1) is 9.79. The molecule has 0 saturated heterocycles. The highest BCUT2D eigenvalue weighted by molar-refractivity contribution is 5.99. The van der Waals surface area contributed by atoms with Crippen molar-refractivity contribution < 1.29 is 20.1 Å². The molecule has 5 nitrogen and oxygen atoms in total. The number of hydrogen-bond donors (Lipinski definition) is 3. The zero-order valence-corrected chi connectivity index (χ0v) is 7.97. The van der Waals surface area contributed by atoms with Crippen LogP contribution in [0.2, 0.25) is 0 Å². The molecule has 0 aromatic heterocycles. The Balaban J connectivity index is 2.41. The van der Waals surface area contributed by atoms with Crippen molar-refractivity contribution in [1.82, 2.24) is 4.90 Å². The van der Waals surface area contributed by atoms with Gasteiger partial charge in [0.1, 0.15) is 11.5 Å². The second-order valence-corrected chi connectivity index (χ2v) is 3.44. The molecular weight excluding hydrogens is 198 g/mol. The van der Waals surface area contributed by atoms with Crippen LogP contribution in [0.5, 0.6) is 11.5 Å². The maximum atomic E-state index is 11.7. The van der Waals surface area contributed by atoms with E-state index in [9.17, 15) is 15.0 Å². The minimum atomic E-state index is -0.273. The van der Waals surface area contributed by atoms with Gasteiger partial charge in [-0.1, -0.05) is 0 Å². The van der Waals surface area contributed by atoms with Crippen molar-refractivity contribution in [3.05, 3.63) is 23.3 Å². The summed E-state index contributed by atoms with van der Waals surface area (Å²) < 4.78 is 0. The number of aliphatic hydroxyl groups excluding tert-OH is 1. The Morgan fingerprint density at radius 3 is 2.73 bits per heavy atom. The second kappa shape index (κ2) is 3.43. The Labute approximate surface area is 86.2 Å². The minimum Gasteiger partial charge on any atom is -0.508 e. The van der Waals surface area contributed by atoms with Crippen molar-refractivity contribution in [3.8, 4) is 11.5 Å². The van der Waals surface area contributed by atoms with Gasteiger partial charge in [-0.3, -0.25) is 4.79 Å². The number of amides is 1. The molecule has 1 amide bonds. The van der Waals surface area contributed by atoms with Crippen LogP contribution in [0.25, 0.3) is 0 Å². The van der Waals surface area contributed by atoms with Crippen molar-refractivity contribution in [1.29, 1.82) is 0 Å². The van der Waals surface area contributed by atoms with Crippen molar-refractivity contribution in [3.63, 3.8) is 0 Å². The normalized spacial score (nSPS) is 14.5. The second-order valence-electron chi connectivity index (χ2n) is 3.44. The molecule has 0 bridgehead atoms. The van der Waals surface area contributed by atoms with E-state index in [-0.39, 0.29) is 37.1 Å². The summed E-state index contributed by atoms with van der Waals surface area (Å²) in [5, 5.41) is 27.5. The summed E-state index contributed by atoms with van der Waals surface area (Å²) in [5.74, 6) is -0.491. The predicted octanol–water partition coefficient (Wildman–Crippen LogP) is 0.0459. The molecule has 1 heterocycles. The Hall–Kier alpha value is -1.75. The molecule has 0 unspecified atom stereocenters. The fraction of sp³-hybridized carbons (Fsp3) is 0.300. The van der Waals surface area contributed by atoms with E-state index >= 15 is 0 Å². The molecule has 0 aliphatic carbocycles. The van der Waals surface area contributed by atoms with Crippen molar-refractivity contribution in [2.75, 3.05) is 13.2 Å². The zero-order chi connectivity index (χ0) is 11.0. The van der Waals surface area contributed by atoms with E-state index in [0.717, 1.165) is 0 Å². The lowest BCUT2D eigenvalue weighted by Crippen LogP contribution is -2.26. The molecule has 1 aliphatic rings. The number of carbonyl (C=O) groups is 1. The molecule has 5 heteroatoms. The number of phenols is 2. The smallest absolute Gasteiger partial charge is 0.254 e. The van der Waals surface area contributed by atoms with Gasteiger partial charge in [-0.2, -0.15) is 0 Å². The maximum absolute atomic E-state index is 11.7. The summed E-state index contributed by atoms with van der Waals surface area (Å²) in [6, 6.07) is 2.53. The summed E-state index contributed by atoms with van der Waals surface area (Å²) in [7, 11) is 0. The summed E-state index contributed by atoms with van der Waals surface area (Å²) in [6.07, 6.45) is 0. The summed E-state index contributed by atoms with van der Waals surface area (Å²) >= 11 is 0. The third-order valence-corrected chi connectivity index (χ3v) is 2.45. The topological polar surface area (TPSA) is 81.0 Å². The molecule has 1 aromatic rings. The van der Waals surface area contributed by atoms with Gasteiger partial charge in [0.25, 0.3) is 5.91 Å². The number of nitrogens with zero attached hydrogens (tertiary/aromatic N) is 1. The molecule has 0 saturated carbocycles. The number of benzene rings is 1. The van der Waals surface area contributed by atoms with Gasteiger partial charge in [0.2, 0.25) is 0 Å². The van der Waals surface area contributed by atoms with E-state index in [4.69, 9.17) is 5.11 Å². The molecule has 1 aliphatic heterocycles. The number of β-amino-alcohol motifs (C(OH)–C–C–N with tert-alkyl or cyclic N) is 1. The standard InChI is InChI=1S/C10H11NO4/c12-2-1-11-5-8-7(10(11)15)3-6(13)4-9(8)14/h3-4,12-14H,1-2,5H2. The molecule has 15 heavy (non-hydrogen) atoms. The van der Waals surface area contributed by atoms with Crippen LogP contribution in [0.1, 0.15) is 15.9 Å². The van der Waals surface area contributed by atoms with Gasteiger partial charge < -0.3 is 20.2 Å². The Morgan fingerprint density at radius 2 is 2.07 bits per heavy atom. The van der Waals surface area contributed by atoms with Crippen LogP contribution < -0.4 is 0 Å². The van der Waals surface area contributed by atoms with Crippen molar-refractivity contribution in [2.24, 2.45) is 0 Å². The number of fused-ring (bicyclic) bond motifs is 1. The lowest BCUT2D eigenvalue weighted by molar-refractivity contribution is 0.0745. The minimum absolute atomic E-state index is 0.0845. The SMILES string of the molecule is O=C1c2cc(O)cc(O)c2CN1CCO. The monoisotopic (exact) mass is 209 g/mol. The van der Waals surface area contributed by atoms with E-state index < -0.39 is 0 Å². The summed E-state index contributed by atoms with van der Waals surface area (Å²) in [6.45, 7) is 0.390. The van der Waals surface area contributed by atoms with Crippen LogP contribution in [0.4, 0.5) is 0 Å². The van der Waals surface area contributed by atoms with Crippen LogP contribution >= 0.6 is 0 Å². The zero-order valence-electron chi connectivity index (χ0n) is 7.97. The van der Waals surface area contributed by atoms with E-state index in [2.05, 4.69) is 0 Å². The quantitative estimate of drug-likeness (QED) is 0.642. The molecule has 0 atom stereocenters. The van der Waals surface area contributed by atoms with Gasteiger partial charge in [-0.25, -0.2) is 0 Å². The molecule has 2 rings (SSSR count). The lowest BCUT2D eigenvalue weighted by atomic mass is 10.1. The van der Waals surface area contributed by atoms with Crippen LogP contribution in [0, 0.1) is 0 Å². The van der Waals surface area contributed by atoms with E-state index in [0.29, 0.717) is 11.1 Å². The molecule has 80 valence electrons. The van der Waals surface area contributed by atoms with Crippen molar-refractivity contribution >= 4 is 5.91 Å². The molecule has 0 radical (unpaired) electrons. The molecular formula is C10H11NO4. The van der Waals surface area contributed by atoms with Gasteiger partial charge >= 0.3 is 0 Å². The Bertz CT molecular complexity index is 416. The van der Waals surface area contributed by atoms with Crippen molar-refractivity contribution in [2.45, 2.75) is 6.54 Å². The largest absolute Gasteiger partial charge is 0.508 e. The van der Waals surface area contributed by atoms with Crippen LogP contribution in [-0.2, 0) is 6.54 Å². The lowest BCUT2D eigenvalue weighted by Gasteiger charge is -2.12. The van der Waals surface area contributed by atoms with E-state index in [1.807, 2.05) is 0 Å². The average molecular weight is 209 g/mol. The molecule has 3 N–H and O–H groups in total. The number of aliphatic hydroxyl groups is 1. The number of carbonyl (C=O) groups excluding carboxylic acids is 1. The van der Waals surface area contributed by atoms with E-state index in [1.165, 1.54) is 17.0 Å². The van der Waals surface area contributed by atoms with Gasteiger partial charge in [-0.05, 0) is 6.07 Å². The highest BCUT2D eigenvalue weighted by Gasteiger charge is 2.29.